The molecule has 0 unspecified atom stereocenters. The van der Waals surface area contributed by atoms with Gasteiger partial charge in [-0.3, -0.25) is 4.90 Å². The summed E-state index contributed by atoms with van der Waals surface area (Å²) >= 11 is 12.2. The average Bonchev–Trinajstić information content (AvgIpc) is 2.80. The van der Waals surface area contributed by atoms with E-state index in [1.807, 2.05) is 55.5 Å². The Kier molecular flexibility index (Phi) is 6.68. The van der Waals surface area contributed by atoms with Crippen LogP contribution in [0.4, 0.5) is 5.82 Å². The highest BCUT2D eigenvalue weighted by atomic mass is 35.5. The van der Waals surface area contributed by atoms with E-state index in [1.165, 1.54) is 0 Å². The van der Waals surface area contributed by atoms with Crippen LogP contribution in [0.25, 0.3) is 0 Å². The first-order chi connectivity index (χ1) is 15.4. The summed E-state index contributed by atoms with van der Waals surface area (Å²) in [6, 6.07) is 21.0. The fourth-order valence-electron chi connectivity index (χ4n) is 4.20. The standard InChI is InChI=1S/C25H24Cl2N4O/c1-25(32,20-6-2-18(14-28)3-7-20)17-30-12-13-31(24-11-10-22(27)15-29-24)23(16-30)19-4-8-21(26)9-5-19/h2-11,15,23,32H,12-13,16-17H2,1H3/t23-,25+/m0/s1. The lowest BCUT2D eigenvalue weighted by atomic mass is 9.93. The highest BCUT2D eigenvalue weighted by Gasteiger charge is 2.33. The zero-order valence-electron chi connectivity index (χ0n) is 17.7. The molecule has 32 heavy (non-hydrogen) atoms. The number of rotatable bonds is 5. The third-order valence-corrected chi connectivity index (χ3v) is 6.37. The van der Waals surface area contributed by atoms with Crippen molar-refractivity contribution in [3.63, 3.8) is 0 Å². The molecule has 0 saturated carbocycles. The lowest BCUT2D eigenvalue weighted by Gasteiger charge is -2.44. The second-order valence-electron chi connectivity index (χ2n) is 8.29. The van der Waals surface area contributed by atoms with Crippen molar-refractivity contribution >= 4 is 29.0 Å². The molecule has 0 spiro atoms. The molecule has 2 atom stereocenters. The Balaban J connectivity index is 1.57. The van der Waals surface area contributed by atoms with E-state index in [9.17, 15) is 5.11 Å². The Morgan fingerprint density at radius 1 is 1.03 bits per heavy atom. The number of hydrogen-bond donors (Lipinski definition) is 1. The highest BCUT2D eigenvalue weighted by molar-refractivity contribution is 6.30. The molecular formula is C25H24Cl2N4O. The summed E-state index contributed by atoms with van der Waals surface area (Å²) in [7, 11) is 0. The van der Waals surface area contributed by atoms with E-state index in [-0.39, 0.29) is 6.04 Å². The molecule has 1 N–H and O–H groups in total. The van der Waals surface area contributed by atoms with Gasteiger partial charge in [-0.2, -0.15) is 5.26 Å². The maximum absolute atomic E-state index is 11.2. The lowest BCUT2D eigenvalue weighted by Crippen LogP contribution is -2.52. The van der Waals surface area contributed by atoms with Gasteiger partial charge in [-0.1, -0.05) is 47.5 Å². The van der Waals surface area contributed by atoms with Gasteiger partial charge in [-0.25, -0.2) is 4.98 Å². The third kappa shape index (κ3) is 5.06. The summed E-state index contributed by atoms with van der Waals surface area (Å²) in [5.74, 6) is 0.868. The Hall–Kier alpha value is -2.62. The monoisotopic (exact) mass is 466 g/mol. The van der Waals surface area contributed by atoms with E-state index in [0.29, 0.717) is 22.2 Å². The quantitative estimate of drug-likeness (QED) is 0.570. The van der Waals surface area contributed by atoms with Crippen LogP contribution < -0.4 is 4.90 Å². The van der Waals surface area contributed by atoms with Crippen LogP contribution in [0.3, 0.4) is 0 Å². The van der Waals surface area contributed by atoms with Gasteiger partial charge in [0, 0.05) is 37.4 Å². The van der Waals surface area contributed by atoms with Crippen LogP contribution in [0.15, 0.2) is 66.9 Å². The number of pyridine rings is 1. The first kappa shape index (κ1) is 22.6. The summed E-state index contributed by atoms with van der Waals surface area (Å²) in [6.45, 7) is 4.55. The summed E-state index contributed by atoms with van der Waals surface area (Å²) in [4.78, 5) is 9.07. The molecule has 4 rings (SSSR count). The number of aromatic nitrogens is 1. The van der Waals surface area contributed by atoms with Gasteiger partial charge in [-0.15, -0.1) is 0 Å². The molecule has 0 bridgehead atoms. The summed E-state index contributed by atoms with van der Waals surface area (Å²) in [5, 5.41) is 21.6. The van der Waals surface area contributed by atoms with E-state index < -0.39 is 5.60 Å². The second kappa shape index (κ2) is 9.48. The van der Waals surface area contributed by atoms with Crippen LogP contribution in [0, 0.1) is 11.3 Å². The van der Waals surface area contributed by atoms with Gasteiger partial charge in [-0.05, 0) is 54.4 Å². The van der Waals surface area contributed by atoms with Gasteiger partial charge < -0.3 is 10.0 Å². The first-order valence-electron chi connectivity index (χ1n) is 10.4. The molecule has 1 aliphatic heterocycles. The van der Waals surface area contributed by atoms with Crippen LogP contribution >= 0.6 is 23.2 Å². The molecule has 1 fully saturated rings. The minimum Gasteiger partial charge on any atom is -0.384 e. The average molecular weight is 467 g/mol. The van der Waals surface area contributed by atoms with E-state index in [2.05, 4.69) is 20.9 Å². The van der Waals surface area contributed by atoms with Crippen molar-refractivity contribution < 1.29 is 5.11 Å². The van der Waals surface area contributed by atoms with Crippen LogP contribution in [-0.4, -0.2) is 41.2 Å². The van der Waals surface area contributed by atoms with Gasteiger partial charge in [0.2, 0.25) is 0 Å². The zero-order valence-corrected chi connectivity index (χ0v) is 19.3. The third-order valence-electron chi connectivity index (χ3n) is 5.89. The van der Waals surface area contributed by atoms with Crippen molar-refractivity contribution in [2.45, 2.75) is 18.6 Å². The van der Waals surface area contributed by atoms with E-state index in [0.717, 1.165) is 36.6 Å². The molecule has 0 radical (unpaired) electrons. The summed E-state index contributed by atoms with van der Waals surface area (Å²) in [6.07, 6.45) is 1.66. The normalized spacial score (nSPS) is 18.7. The van der Waals surface area contributed by atoms with E-state index in [4.69, 9.17) is 28.5 Å². The van der Waals surface area contributed by atoms with Crippen molar-refractivity contribution in [2.24, 2.45) is 0 Å². The van der Waals surface area contributed by atoms with E-state index in [1.54, 1.807) is 18.3 Å². The highest BCUT2D eigenvalue weighted by Crippen LogP contribution is 2.32. The number of nitrogens with zero attached hydrogens (tertiary/aromatic N) is 4. The first-order valence-corrected chi connectivity index (χ1v) is 11.2. The maximum atomic E-state index is 11.2. The number of nitriles is 1. The van der Waals surface area contributed by atoms with Crippen molar-refractivity contribution in [3.05, 3.63) is 93.6 Å². The molecule has 7 heteroatoms. The minimum absolute atomic E-state index is 0.0476. The van der Waals surface area contributed by atoms with E-state index >= 15 is 0 Å². The van der Waals surface area contributed by atoms with Crippen molar-refractivity contribution in [1.82, 2.24) is 9.88 Å². The molecule has 1 saturated heterocycles. The molecule has 0 amide bonds. The molecule has 1 aliphatic rings. The molecule has 2 aromatic carbocycles. The Morgan fingerprint density at radius 3 is 2.34 bits per heavy atom. The van der Waals surface area contributed by atoms with Gasteiger partial charge in [0.05, 0.1) is 28.3 Å². The molecule has 164 valence electrons. The predicted octanol–water partition coefficient (Wildman–Crippen LogP) is 5.03. The Labute approximate surface area is 198 Å². The maximum Gasteiger partial charge on any atom is 0.129 e. The fraction of sp³-hybridized carbons (Fsp3) is 0.280. The molecule has 5 nitrogen and oxygen atoms in total. The second-order valence-corrected chi connectivity index (χ2v) is 9.17. The molecule has 3 aromatic rings. The number of piperazine rings is 1. The van der Waals surface area contributed by atoms with Gasteiger partial charge in [0.1, 0.15) is 5.82 Å². The number of anilines is 1. The topological polar surface area (TPSA) is 63.4 Å². The van der Waals surface area contributed by atoms with Gasteiger partial charge in [0.15, 0.2) is 0 Å². The zero-order chi connectivity index (χ0) is 22.7. The fourth-order valence-corrected chi connectivity index (χ4v) is 4.43. The van der Waals surface area contributed by atoms with Crippen molar-refractivity contribution in [1.29, 1.82) is 5.26 Å². The number of benzene rings is 2. The number of aliphatic hydroxyl groups is 1. The number of halogens is 2. The van der Waals surface area contributed by atoms with Crippen LogP contribution in [0.1, 0.15) is 29.7 Å². The van der Waals surface area contributed by atoms with Crippen molar-refractivity contribution in [3.8, 4) is 6.07 Å². The summed E-state index contributed by atoms with van der Waals surface area (Å²) < 4.78 is 0. The smallest absolute Gasteiger partial charge is 0.129 e. The predicted molar refractivity (Wildman–Crippen MR) is 128 cm³/mol. The number of β-amino-alcohol motifs (C(OH)–C–C–N with tert-alkyl or cyclic N) is 1. The molecular weight excluding hydrogens is 443 g/mol. The van der Waals surface area contributed by atoms with Crippen LogP contribution in [0.5, 0.6) is 0 Å². The van der Waals surface area contributed by atoms with Gasteiger partial charge in [0.25, 0.3) is 0 Å². The lowest BCUT2D eigenvalue weighted by molar-refractivity contribution is 0.0102. The van der Waals surface area contributed by atoms with Gasteiger partial charge >= 0.3 is 0 Å². The van der Waals surface area contributed by atoms with Crippen LogP contribution in [-0.2, 0) is 5.60 Å². The SMILES string of the molecule is C[C@@](O)(CN1CCN(c2ccc(Cl)cn2)[C@H](c2ccc(Cl)cc2)C1)c1ccc(C#N)cc1. The molecule has 2 heterocycles. The van der Waals surface area contributed by atoms with Crippen molar-refractivity contribution in [2.75, 3.05) is 31.1 Å². The Bertz CT molecular complexity index is 1090. The largest absolute Gasteiger partial charge is 0.384 e. The number of hydrogen-bond acceptors (Lipinski definition) is 5. The Morgan fingerprint density at radius 2 is 1.72 bits per heavy atom. The summed E-state index contributed by atoms with van der Waals surface area (Å²) in [5.41, 5.74) is 1.46. The minimum atomic E-state index is -1.04. The molecule has 1 aromatic heterocycles. The molecule has 0 aliphatic carbocycles. The van der Waals surface area contributed by atoms with Crippen LogP contribution in [0.2, 0.25) is 10.0 Å².